The highest BCUT2D eigenvalue weighted by molar-refractivity contribution is 7.13. The average molecular weight is 281 g/mol. The Bertz CT molecular complexity index is 564. The van der Waals surface area contributed by atoms with Gasteiger partial charge in [-0.25, -0.2) is 14.8 Å². The van der Waals surface area contributed by atoms with E-state index in [4.69, 9.17) is 9.15 Å². The predicted molar refractivity (Wildman–Crippen MR) is 71.3 cm³/mol. The molecule has 0 saturated heterocycles. The molecule has 0 saturated carbocycles. The van der Waals surface area contributed by atoms with Crippen LogP contribution in [-0.4, -0.2) is 22.5 Å². The largest absolute Gasteiger partial charge is 0.461 e. The maximum Gasteiger partial charge on any atom is 0.357 e. The van der Waals surface area contributed by atoms with E-state index >= 15 is 0 Å². The number of ether oxygens (including phenoxy) is 1. The van der Waals surface area contributed by atoms with Crippen LogP contribution in [0.2, 0.25) is 0 Å². The second-order valence-electron chi connectivity index (χ2n) is 3.93. The van der Waals surface area contributed by atoms with E-state index in [1.165, 1.54) is 11.3 Å². The number of thiazole rings is 1. The van der Waals surface area contributed by atoms with Gasteiger partial charge in [-0.3, -0.25) is 0 Å². The van der Waals surface area contributed by atoms with Crippen LogP contribution in [0.25, 0.3) is 0 Å². The van der Waals surface area contributed by atoms with Crippen molar-refractivity contribution in [2.45, 2.75) is 26.8 Å². The number of carbonyl (C=O) groups excluding carboxylic acids is 1. The zero-order chi connectivity index (χ0) is 13.8. The fourth-order valence-electron chi connectivity index (χ4n) is 1.46. The van der Waals surface area contributed by atoms with E-state index in [-0.39, 0.29) is 6.04 Å². The van der Waals surface area contributed by atoms with Crippen LogP contribution < -0.4 is 5.32 Å². The molecular formula is C12H15N3O3S. The Morgan fingerprint density at radius 2 is 2.42 bits per heavy atom. The molecule has 2 rings (SSSR count). The average Bonchev–Trinajstić information content (AvgIpc) is 2.98. The number of anilines is 1. The quantitative estimate of drug-likeness (QED) is 0.849. The highest BCUT2D eigenvalue weighted by Crippen LogP contribution is 2.22. The lowest BCUT2D eigenvalue weighted by Crippen LogP contribution is -2.08. The van der Waals surface area contributed by atoms with Gasteiger partial charge in [-0.05, 0) is 20.8 Å². The molecule has 2 aromatic heterocycles. The van der Waals surface area contributed by atoms with Crippen molar-refractivity contribution in [3.05, 3.63) is 28.9 Å². The molecule has 0 bridgehead atoms. The summed E-state index contributed by atoms with van der Waals surface area (Å²) in [7, 11) is 0. The number of oxazole rings is 1. The maximum absolute atomic E-state index is 11.5. The van der Waals surface area contributed by atoms with Gasteiger partial charge < -0.3 is 14.5 Å². The van der Waals surface area contributed by atoms with Gasteiger partial charge in [0.1, 0.15) is 11.8 Å². The lowest BCUT2D eigenvalue weighted by Gasteiger charge is -2.08. The van der Waals surface area contributed by atoms with Gasteiger partial charge in [-0.2, -0.15) is 0 Å². The van der Waals surface area contributed by atoms with Crippen LogP contribution in [0.3, 0.4) is 0 Å². The molecule has 19 heavy (non-hydrogen) atoms. The van der Waals surface area contributed by atoms with Gasteiger partial charge in [-0.1, -0.05) is 0 Å². The van der Waals surface area contributed by atoms with Crippen LogP contribution in [0.5, 0.6) is 0 Å². The Morgan fingerprint density at radius 3 is 3.05 bits per heavy atom. The lowest BCUT2D eigenvalue weighted by atomic mass is 10.3. The first-order valence-corrected chi connectivity index (χ1v) is 6.79. The number of nitrogens with zero attached hydrogens (tertiary/aromatic N) is 2. The maximum atomic E-state index is 11.5. The van der Waals surface area contributed by atoms with Crippen LogP contribution in [0.4, 0.5) is 5.13 Å². The second-order valence-corrected chi connectivity index (χ2v) is 4.79. The molecule has 7 heteroatoms. The highest BCUT2D eigenvalue weighted by atomic mass is 32.1. The van der Waals surface area contributed by atoms with E-state index in [1.54, 1.807) is 18.5 Å². The molecule has 0 aliphatic rings. The van der Waals surface area contributed by atoms with E-state index < -0.39 is 5.97 Å². The van der Waals surface area contributed by atoms with Crippen LogP contribution in [0.1, 0.15) is 42.0 Å². The highest BCUT2D eigenvalue weighted by Gasteiger charge is 2.15. The molecule has 1 atom stereocenters. The minimum Gasteiger partial charge on any atom is -0.461 e. The smallest absolute Gasteiger partial charge is 0.357 e. The van der Waals surface area contributed by atoms with Crippen LogP contribution in [0.15, 0.2) is 16.0 Å². The molecule has 6 nitrogen and oxygen atoms in total. The van der Waals surface area contributed by atoms with Gasteiger partial charge in [0.15, 0.2) is 10.8 Å². The van der Waals surface area contributed by atoms with E-state index in [9.17, 15) is 4.79 Å². The molecule has 0 fully saturated rings. The number of hydrogen-bond donors (Lipinski definition) is 1. The minimum absolute atomic E-state index is 0.116. The number of rotatable bonds is 5. The van der Waals surface area contributed by atoms with Crippen molar-refractivity contribution >= 4 is 22.4 Å². The Labute approximate surface area is 114 Å². The first-order valence-electron chi connectivity index (χ1n) is 5.91. The van der Waals surface area contributed by atoms with Gasteiger partial charge in [0, 0.05) is 5.38 Å². The second kappa shape index (κ2) is 5.83. The van der Waals surface area contributed by atoms with Gasteiger partial charge >= 0.3 is 5.97 Å². The van der Waals surface area contributed by atoms with E-state index in [0.717, 1.165) is 5.76 Å². The number of aryl methyl sites for hydroxylation is 1. The molecule has 1 N–H and O–H groups in total. The third-order valence-electron chi connectivity index (χ3n) is 2.34. The number of esters is 1. The molecule has 0 aliphatic heterocycles. The summed E-state index contributed by atoms with van der Waals surface area (Å²) < 4.78 is 10.3. The monoisotopic (exact) mass is 281 g/mol. The number of hydrogen-bond acceptors (Lipinski definition) is 7. The summed E-state index contributed by atoms with van der Waals surface area (Å²) in [6.45, 7) is 5.85. The van der Waals surface area contributed by atoms with Crippen molar-refractivity contribution in [3.63, 3.8) is 0 Å². The molecule has 0 radical (unpaired) electrons. The lowest BCUT2D eigenvalue weighted by molar-refractivity contribution is 0.0520. The van der Waals surface area contributed by atoms with E-state index in [1.807, 2.05) is 13.8 Å². The molecule has 1 unspecified atom stereocenters. The fourth-order valence-corrected chi connectivity index (χ4v) is 2.23. The van der Waals surface area contributed by atoms with Crippen molar-refractivity contribution in [2.75, 3.05) is 11.9 Å². The van der Waals surface area contributed by atoms with Crippen LogP contribution in [0, 0.1) is 6.92 Å². The summed E-state index contributed by atoms with van der Waals surface area (Å²) >= 11 is 1.34. The van der Waals surface area contributed by atoms with Crippen molar-refractivity contribution in [1.82, 2.24) is 9.97 Å². The fraction of sp³-hybridized carbons (Fsp3) is 0.417. The molecule has 0 amide bonds. The van der Waals surface area contributed by atoms with E-state index in [0.29, 0.717) is 23.3 Å². The van der Waals surface area contributed by atoms with Crippen LogP contribution >= 0.6 is 11.3 Å². The normalized spacial score (nSPS) is 12.2. The molecule has 2 heterocycles. The molecule has 102 valence electrons. The summed E-state index contributed by atoms with van der Waals surface area (Å²) in [4.78, 5) is 19.8. The zero-order valence-corrected chi connectivity index (χ0v) is 11.8. The minimum atomic E-state index is -0.411. The SMILES string of the molecule is CCOC(=O)c1csc(NC(C)c2ncc(C)o2)n1. The Kier molecular flexibility index (Phi) is 4.16. The van der Waals surface area contributed by atoms with E-state index in [2.05, 4.69) is 15.3 Å². The summed E-state index contributed by atoms with van der Waals surface area (Å²) in [6, 6.07) is -0.116. The van der Waals surface area contributed by atoms with Gasteiger partial charge in [0.25, 0.3) is 0 Å². The molecule has 0 aliphatic carbocycles. The summed E-state index contributed by atoms with van der Waals surface area (Å²) in [5.41, 5.74) is 0.310. The van der Waals surface area contributed by atoms with Gasteiger partial charge in [0.2, 0.25) is 5.89 Å². The van der Waals surface area contributed by atoms with Crippen molar-refractivity contribution < 1.29 is 13.9 Å². The predicted octanol–water partition coefficient (Wildman–Crippen LogP) is 2.79. The Morgan fingerprint density at radius 1 is 1.63 bits per heavy atom. The first-order chi connectivity index (χ1) is 9.10. The molecular weight excluding hydrogens is 266 g/mol. The number of nitrogens with one attached hydrogen (secondary N) is 1. The summed E-state index contributed by atoms with van der Waals surface area (Å²) in [5, 5.41) is 5.42. The topological polar surface area (TPSA) is 77.2 Å². The van der Waals surface area contributed by atoms with Crippen molar-refractivity contribution in [1.29, 1.82) is 0 Å². The summed E-state index contributed by atoms with van der Waals surface area (Å²) in [5.74, 6) is 0.937. The number of aromatic nitrogens is 2. The standard InChI is InChI=1S/C12H15N3O3S/c1-4-17-11(16)9-6-19-12(15-9)14-8(3)10-13-5-7(2)18-10/h5-6,8H,4H2,1-3H3,(H,14,15). The third kappa shape index (κ3) is 3.31. The first kappa shape index (κ1) is 13.5. The van der Waals surface area contributed by atoms with Crippen molar-refractivity contribution in [3.8, 4) is 0 Å². The third-order valence-corrected chi connectivity index (χ3v) is 3.11. The van der Waals surface area contributed by atoms with Crippen molar-refractivity contribution in [2.24, 2.45) is 0 Å². The zero-order valence-electron chi connectivity index (χ0n) is 11.0. The number of carbonyl (C=O) groups is 1. The molecule has 0 spiro atoms. The molecule has 0 aromatic carbocycles. The van der Waals surface area contributed by atoms with Gasteiger partial charge in [0.05, 0.1) is 12.8 Å². The Balaban J connectivity index is 2.01. The Hall–Kier alpha value is -1.89. The van der Waals surface area contributed by atoms with Crippen LogP contribution in [-0.2, 0) is 4.74 Å². The summed E-state index contributed by atoms with van der Waals surface area (Å²) in [6.07, 6.45) is 1.67. The van der Waals surface area contributed by atoms with Gasteiger partial charge in [-0.15, -0.1) is 11.3 Å². The molecule has 2 aromatic rings.